The molecule has 0 saturated heterocycles. The average Bonchev–Trinajstić information content (AvgIpc) is 3.22. The van der Waals surface area contributed by atoms with Gasteiger partial charge in [-0.1, -0.05) is 54.6 Å². The summed E-state index contributed by atoms with van der Waals surface area (Å²) in [4.78, 5) is 40.1. The van der Waals surface area contributed by atoms with Crippen LogP contribution >= 0.6 is 0 Å². The first kappa shape index (κ1) is 28.9. The Bertz CT molecular complexity index is 1670. The zero-order valence-corrected chi connectivity index (χ0v) is 23.9. The van der Waals surface area contributed by atoms with E-state index >= 15 is 0 Å². The normalized spacial score (nSPS) is 11.2. The minimum atomic E-state index is -0.256. The molecule has 0 aliphatic rings. The molecule has 0 aliphatic heterocycles. The van der Waals surface area contributed by atoms with Gasteiger partial charge in [-0.2, -0.15) is 9.59 Å². The molecule has 1 N–H and O–H groups in total. The van der Waals surface area contributed by atoms with Crippen LogP contribution < -0.4 is 10.2 Å². The van der Waals surface area contributed by atoms with Crippen molar-refractivity contribution in [3.05, 3.63) is 113 Å². The maximum Gasteiger partial charge on any atom is 0.373 e. The van der Waals surface area contributed by atoms with Crippen molar-refractivity contribution in [3.8, 4) is 11.1 Å². The predicted octanol–water partition coefficient (Wildman–Crippen LogP) is 5.74. The second-order valence-corrected chi connectivity index (χ2v) is 10.1. The van der Waals surface area contributed by atoms with E-state index < -0.39 is 0 Å². The Labute approximate surface area is 239 Å². The first-order valence-corrected chi connectivity index (χ1v) is 13.3. The Morgan fingerprint density at radius 1 is 0.927 bits per heavy atom. The molecular formula is C33H33N5O3. The number of benzene rings is 3. The maximum absolute atomic E-state index is 13.1. The van der Waals surface area contributed by atoms with Gasteiger partial charge in [0.25, 0.3) is 5.91 Å². The molecule has 5 aromatic rings. The van der Waals surface area contributed by atoms with Gasteiger partial charge in [0.1, 0.15) is 5.82 Å². The second kappa shape index (κ2) is 12.9. The summed E-state index contributed by atoms with van der Waals surface area (Å²) in [6.45, 7) is 6.96. The SMILES string of the molecule is Cc1c(C)n(Cc2ccc(-c3ccccc3)cc2)c2ccc(C(=O)N[C@@H](C)c3cnc(N(C)C)cn3)cc12.O=C=O. The summed E-state index contributed by atoms with van der Waals surface area (Å²) in [6, 6.07) is 24.9. The Morgan fingerprint density at radius 3 is 2.20 bits per heavy atom. The maximum atomic E-state index is 13.1. The van der Waals surface area contributed by atoms with Gasteiger partial charge in [-0.3, -0.25) is 9.78 Å². The van der Waals surface area contributed by atoms with E-state index in [0.29, 0.717) is 5.56 Å². The molecule has 0 radical (unpaired) electrons. The van der Waals surface area contributed by atoms with E-state index in [1.165, 1.54) is 27.9 Å². The quantitative estimate of drug-likeness (QED) is 0.279. The topological polar surface area (TPSA) is 97.2 Å². The van der Waals surface area contributed by atoms with Crippen LogP contribution in [0.5, 0.6) is 0 Å². The summed E-state index contributed by atoms with van der Waals surface area (Å²) in [5.41, 5.74) is 8.54. The van der Waals surface area contributed by atoms with Crippen molar-refractivity contribution in [2.24, 2.45) is 0 Å². The molecule has 3 aromatic carbocycles. The highest BCUT2D eigenvalue weighted by Crippen LogP contribution is 2.28. The molecule has 1 amide bonds. The molecule has 8 nitrogen and oxygen atoms in total. The molecule has 1 atom stereocenters. The lowest BCUT2D eigenvalue weighted by molar-refractivity contribution is -0.191. The molecule has 2 heterocycles. The molecule has 41 heavy (non-hydrogen) atoms. The van der Waals surface area contributed by atoms with E-state index in [1.807, 2.05) is 44.1 Å². The number of nitrogens with one attached hydrogen (secondary N) is 1. The number of fused-ring (bicyclic) bond motifs is 1. The highest BCUT2D eigenvalue weighted by Gasteiger charge is 2.17. The standard InChI is InChI=1S/C32H33N5O.CO2/c1-21-23(3)37(20-24-11-13-26(14-12-24)25-9-7-6-8-10-25)30-16-15-27(17-28(21)30)32(38)35-22(2)29-18-34-31(19-33-29)36(4)5;2-1-3/h6-19,22H,20H2,1-5H3,(H,35,38);/t22-;/m0./s1. The second-order valence-electron chi connectivity index (χ2n) is 10.1. The van der Waals surface area contributed by atoms with Gasteiger partial charge in [0.2, 0.25) is 0 Å². The highest BCUT2D eigenvalue weighted by atomic mass is 16.2. The van der Waals surface area contributed by atoms with Crippen molar-refractivity contribution in [2.75, 3.05) is 19.0 Å². The number of amides is 1. The van der Waals surface area contributed by atoms with Crippen LogP contribution in [0.25, 0.3) is 22.0 Å². The van der Waals surface area contributed by atoms with Gasteiger partial charge in [-0.15, -0.1) is 0 Å². The third-order valence-electron chi connectivity index (χ3n) is 7.21. The van der Waals surface area contributed by atoms with Gasteiger partial charge in [-0.05, 0) is 61.2 Å². The molecule has 8 heteroatoms. The van der Waals surface area contributed by atoms with Gasteiger partial charge in [0.15, 0.2) is 0 Å². The lowest BCUT2D eigenvalue weighted by Gasteiger charge is -2.15. The van der Waals surface area contributed by atoms with Crippen LogP contribution in [0, 0.1) is 13.8 Å². The summed E-state index contributed by atoms with van der Waals surface area (Å²) in [7, 11) is 3.84. The van der Waals surface area contributed by atoms with Crippen LogP contribution in [0.3, 0.4) is 0 Å². The lowest BCUT2D eigenvalue weighted by atomic mass is 10.0. The zero-order valence-electron chi connectivity index (χ0n) is 23.9. The minimum Gasteiger partial charge on any atom is -0.361 e. The van der Waals surface area contributed by atoms with Gasteiger partial charge < -0.3 is 14.8 Å². The fourth-order valence-corrected chi connectivity index (χ4v) is 4.75. The van der Waals surface area contributed by atoms with E-state index in [9.17, 15) is 4.79 Å². The smallest absolute Gasteiger partial charge is 0.361 e. The number of carbonyl (C=O) groups is 1. The zero-order chi connectivity index (χ0) is 29.5. The Hall–Kier alpha value is -5.07. The van der Waals surface area contributed by atoms with Crippen molar-refractivity contribution < 1.29 is 14.4 Å². The number of hydrogen-bond donors (Lipinski definition) is 1. The van der Waals surface area contributed by atoms with Crippen molar-refractivity contribution >= 4 is 28.8 Å². The van der Waals surface area contributed by atoms with Crippen LogP contribution in [0.2, 0.25) is 0 Å². The largest absolute Gasteiger partial charge is 0.373 e. The Kier molecular flexibility index (Phi) is 9.07. The molecule has 0 saturated carbocycles. The molecule has 208 valence electrons. The molecule has 0 bridgehead atoms. The van der Waals surface area contributed by atoms with Gasteiger partial charge in [-0.25, -0.2) is 4.98 Å². The third-order valence-corrected chi connectivity index (χ3v) is 7.21. The molecule has 0 spiro atoms. The summed E-state index contributed by atoms with van der Waals surface area (Å²) >= 11 is 0. The fraction of sp³-hybridized carbons (Fsp3) is 0.212. The lowest BCUT2D eigenvalue weighted by Crippen LogP contribution is -2.27. The first-order valence-electron chi connectivity index (χ1n) is 13.3. The molecular weight excluding hydrogens is 514 g/mol. The number of aryl methyl sites for hydroxylation is 1. The predicted molar refractivity (Wildman–Crippen MR) is 160 cm³/mol. The van der Waals surface area contributed by atoms with Crippen LogP contribution in [0.15, 0.2) is 85.2 Å². The molecule has 0 fully saturated rings. The number of aromatic nitrogens is 3. The van der Waals surface area contributed by atoms with E-state index in [1.54, 1.807) is 12.4 Å². The molecule has 5 rings (SSSR count). The Morgan fingerprint density at radius 2 is 1.59 bits per heavy atom. The Balaban J connectivity index is 0.00000124. The van der Waals surface area contributed by atoms with Crippen LogP contribution in [0.1, 0.15) is 45.8 Å². The summed E-state index contributed by atoms with van der Waals surface area (Å²) in [6.07, 6.45) is 3.68. The molecule has 2 aromatic heterocycles. The number of anilines is 1. The molecule has 0 unspecified atom stereocenters. The van der Waals surface area contributed by atoms with Gasteiger partial charge >= 0.3 is 6.15 Å². The van der Waals surface area contributed by atoms with Crippen LogP contribution in [-0.2, 0) is 16.1 Å². The van der Waals surface area contributed by atoms with E-state index in [4.69, 9.17) is 9.59 Å². The van der Waals surface area contributed by atoms with E-state index in [0.717, 1.165) is 29.0 Å². The van der Waals surface area contributed by atoms with E-state index in [-0.39, 0.29) is 18.1 Å². The number of carbonyl (C=O) groups excluding carboxylic acids is 3. The van der Waals surface area contributed by atoms with Crippen molar-refractivity contribution in [1.29, 1.82) is 0 Å². The summed E-state index contributed by atoms with van der Waals surface area (Å²) in [5.74, 6) is 0.652. The monoisotopic (exact) mass is 547 g/mol. The van der Waals surface area contributed by atoms with Crippen molar-refractivity contribution in [1.82, 2.24) is 19.9 Å². The number of hydrogen-bond acceptors (Lipinski definition) is 6. The van der Waals surface area contributed by atoms with E-state index in [2.05, 4.69) is 88.3 Å². The van der Waals surface area contributed by atoms with Crippen molar-refractivity contribution in [3.63, 3.8) is 0 Å². The minimum absolute atomic E-state index is 0.126. The summed E-state index contributed by atoms with van der Waals surface area (Å²) in [5, 5.41) is 4.16. The highest BCUT2D eigenvalue weighted by molar-refractivity contribution is 5.99. The average molecular weight is 548 g/mol. The van der Waals surface area contributed by atoms with Gasteiger partial charge in [0, 0.05) is 42.8 Å². The third kappa shape index (κ3) is 6.57. The fourth-order valence-electron chi connectivity index (χ4n) is 4.75. The summed E-state index contributed by atoms with van der Waals surface area (Å²) < 4.78 is 2.33. The molecule has 0 aliphatic carbocycles. The van der Waals surface area contributed by atoms with Crippen LogP contribution in [0.4, 0.5) is 5.82 Å². The van der Waals surface area contributed by atoms with Crippen LogP contribution in [-0.4, -0.2) is 40.7 Å². The number of rotatable bonds is 7. The number of nitrogens with zero attached hydrogens (tertiary/aromatic N) is 4. The van der Waals surface area contributed by atoms with Gasteiger partial charge in [0.05, 0.1) is 24.1 Å². The van der Waals surface area contributed by atoms with Crippen molar-refractivity contribution in [2.45, 2.75) is 33.4 Å². The first-order chi connectivity index (χ1) is 19.7.